The second-order valence-corrected chi connectivity index (χ2v) is 9.41. The van der Waals surface area contributed by atoms with Crippen molar-refractivity contribution in [3.63, 3.8) is 0 Å². The lowest BCUT2D eigenvalue weighted by Gasteiger charge is -2.10. The highest BCUT2D eigenvalue weighted by atomic mass is 32.1. The van der Waals surface area contributed by atoms with Crippen LogP contribution >= 0.6 is 11.3 Å². The Morgan fingerprint density at radius 3 is 2.66 bits per heavy atom. The molecule has 0 spiro atoms. The van der Waals surface area contributed by atoms with Crippen LogP contribution in [0.4, 0.5) is 10.1 Å². The molecule has 1 fully saturated rings. The van der Waals surface area contributed by atoms with Crippen molar-refractivity contribution in [2.75, 3.05) is 5.32 Å². The Morgan fingerprint density at radius 2 is 1.94 bits per heavy atom. The summed E-state index contributed by atoms with van der Waals surface area (Å²) in [6.45, 7) is 2.08. The molecule has 9 heteroatoms. The molecular formula is C26H23FN4O3S. The first kappa shape index (κ1) is 22.9. The minimum atomic E-state index is -0.635. The lowest BCUT2D eigenvalue weighted by atomic mass is 10.2. The van der Waals surface area contributed by atoms with Crippen molar-refractivity contribution in [2.45, 2.75) is 38.6 Å². The third-order valence-electron chi connectivity index (χ3n) is 5.56. The van der Waals surface area contributed by atoms with E-state index in [1.54, 1.807) is 12.3 Å². The number of nitrogens with one attached hydrogen (secondary N) is 2. The average Bonchev–Trinajstić information content (AvgIpc) is 3.54. The van der Waals surface area contributed by atoms with E-state index in [-0.39, 0.29) is 29.8 Å². The first-order valence-corrected chi connectivity index (χ1v) is 12.2. The van der Waals surface area contributed by atoms with Crippen LogP contribution in [-0.2, 0) is 16.0 Å². The molecule has 2 amide bonds. The second-order valence-electron chi connectivity index (χ2n) is 8.35. The molecule has 35 heavy (non-hydrogen) atoms. The van der Waals surface area contributed by atoms with Crippen LogP contribution in [-0.4, -0.2) is 27.8 Å². The summed E-state index contributed by atoms with van der Waals surface area (Å²) in [6, 6.07) is 12.0. The van der Waals surface area contributed by atoms with Crippen LogP contribution in [0.2, 0.25) is 0 Å². The van der Waals surface area contributed by atoms with Crippen molar-refractivity contribution in [2.24, 2.45) is 0 Å². The minimum Gasteiger partial charge on any atom is -0.453 e. The topological polar surface area (TPSA) is 93.2 Å². The molecule has 2 N–H and O–H groups in total. The molecule has 4 aromatic rings. The third-order valence-corrected chi connectivity index (χ3v) is 6.72. The van der Waals surface area contributed by atoms with Crippen LogP contribution in [0.25, 0.3) is 20.8 Å². The number of rotatable bonds is 8. The van der Waals surface area contributed by atoms with Gasteiger partial charge in [-0.25, -0.2) is 4.39 Å². The predicted octanol–water partition coefficient (Wildman–Crippen LogP) is 5.46. The Bertz CT molecular complexity index is 1400. The van der Waals surface area contributed by atoms with E-state index in [4.69, 9.17) is 4.74 Å². The van der Waals surface area contributed by atoms with E-state index >= 15 is 0 Å². The molecular weight excluding hydrogens is 467 g/mol. The largest absolute Gasteiger partial charge is 0.453 e. The number of hydrogen-bond acceptors (Lipinski definition) is 6. The number of anilines is 1. The van der Waals surface area contributed by atoms with Crippen molar-refractivity contribution < 1.29 is 18.7 Å². The Morgan fingerprint density at radius 1 is 1.09 bits per heavy atom. The number of halogens is 1. The van der Waals surface area contributed by atoms with Crippen LogP contribution in [0.15, 0.2) is 54.9 Å². The zero-order valence-corrected chi connectivity index (χ0v) is 19.8. The van der Waals surface area contributed by atoms with Crippen LogP contribution in [0.5, 0.6) is 11.5 Å². The number of aromatic nitrogens is 2. The van der Waals surface area contributed by atoms with Crippen LogP contribution < -0.4 is 15.4 Å². The van der Waals surface area contributed by atoms with E-state index in [9.17, 15) is 14.0 Å². The molecule has 1 aliphatic carbocycles. The summed E-state index contributed by atoms with van der Waals surface area (Å²) >= 11 is 1.47. The summed E-state index contributed by atoms with van der Waals surface area (Å²) in [5.74, 6) is -0.979. The van der Waals surface area contributed by atoms with Gasteiger partial charge < -0.3 is 15.4 Å². The van der Waals surface area contributed by atoms with Gasteiger partial charge in [0.15, 0.2) is 11.6 Å². The number of amides is 2. The maximum absolute atomic E-state index is 14.8. The maximum atomic E-state index is 14.8. The highest BCUT2D eigenvalue weighted by Crippen LogP contribution is 2.39. The number of fused-ring (bicyclic) bond motifs is 1. The molecule has 1 aliphatic rings. The number of benzene rings is 1. The minimum absolute atomic E-state index is 0.0161. The van der Waals surface area contributed by atoms with Gasteiger partial charge in [0.25, 0.3) is 0 Å². The smallest absolute Gasteiger partial charge is 0.233 e. The number of carbonyl (C=O) groups excluding carboxylic acids is 2. The number of thiophene rings is 1. The van der Waals surface area contributed by atoms with Crippen molar-refractivity contribution in [1.82, 2.24) is 15.3 Å². The summed E-state index contributed by atoms with van der Waals surface area (Å²) in [5, 5.41) is 5.30. The first-order valence-electron chi connectivity index (χ1n) is 11.4. The van der Waals surface area contributed by atoms with Gasteiger partial charge in [-0.05, 0) is 49.1 Å². The fraction of sp³-hybridized carbons (Fsp3) is 0.231. The molecule has 3 aromatic heterocycles. The van der Waals surface area contributed by atoms with Gasteiger partial charge in [0.1, 0.15) is 12.2 Å². The predicted molar refractivity (Wildman–Crippen MR) is 133 cm³/mol. The van der Waals surface area contributed by atoms with Gasteiger partial charge in [-0.3, -0.25) is 19.6 Å². The van der Waals surface area contributed by atoms with Crippen LogP contribution in [0, 0.1) is 5.82 Å². The molecule has 0 atom stereocenters. The standard InChI is InChI=1S/C26H23FN4O3S/c1-2-15-3-7-19(29-14-15)23-12-20-26(35-23)22(9-10-28-20)34-21-8-6-17(11-18(21)27)31-25(33)13-24(32)30-16-4-5-16/h3,6-12,14,16H,2,4-5,13H2,1H3,(H,30,32)(H,31,33). The molecule has 0 saturated heterocycles. The number of hydrogen-bond donors (Lipinski definition) is 2. The maximum Gasteiger partial charge on any atom is 0.233 e. The molecule has 0 aliphatic heterocycles. The van der Waals surface area contributed by atoms with Crippen LogP contribution in [0.1, 0.15) is 31.7 Å². The molecule has 0 unspecified atom stereocenters. The highest BCUT2D eigenvalue weighted by Gasteiger charge is 2.24. The number of carbonyl (C=O) groups is 2. The molecule has 3 heterocycles. The van der Waals surface area contributed by atoms with Gasteiger partial charge in [0.05, 0.1) is 20.8 Å². The van der Waals surface area contributed by atoms with Gasteiger partial charge in [0, 0.05) is 36.3 Å². The SMILES string of the molecule is CCc1ccc(-c2cc3nccc(Oc4ccc(NC(=O)CC(=O)NC5CC5)cc4F)c3s2)nc1. The van der Waals surface area contributed by atoms with E-state index in [0.29, 0.717) is 5.75 Å². The quantitative estimate of drug-likeness (QED) is 0.320. The van der Waals surface area contributed by atoms with Crippen molar-refractivity contribution in [3.8, 4) is 22.1 Å². The fourth-order valence-electron chi connectivity index (χ4n) is 3.54. The first-order chi connectivity index (χ1) is 17.0. The van der Waals surface area contributed by atoms with Crippen molar-refractivity contribution in [3.05, 3.63) is 66.2 Å². The zero-order chi connectivity index (χ0) is 24.4. The Kier molecular flexibility index (Phi) is 6.41. The summed E-state index contributed by atoms with van der Waals surface area (Å²) in [6.07, 6.45) is 5.98. The highest BCUT2D eigenvalue weighted by molar-refractivity contribution is 7.22. The monoisotopic (exact) mass is 490 g/mol. The Labute approximate surface area is 205 Å². The Balaban J connectivity index is 1.30. The van der Waals surface area contributed by atoms with E-state index in [1.807, 2.05) is 24.4 Å². The Hall–Kier alpha value is -3.85. The number of pyridine rings is 2. The number of ether oxygens (including phenoxy) is 1. The summed E-state index contributed by atoms with van der Waals surface area (Å²) in [7, 11) is 0. The van der Waals surface area contributed by atoms with E-state index in [2.05, 4.69) is 27.5 Å². The second kappa shape index (κ2) is 9.79. The normalized spacial score (nSPS) is 13.0. The van der Waals surface area contributed by atoms with Gasteiger partial charge in [0.2, 0.25) is 11.8 Å². The molecule has 178 valence electrons. The van der Waals surface area contributed by atoms with Crippen molar-refractivity contribution >= 4 is 39.1 Å². The van der Waals surface area contributed by atoms with Gasteiger partial charge >= 0.3 is 0 Å². The summed E-state index contributed by atoms with van der Waals surface area (Å²) < 4.78 is 21.5. The molecule has 1 aromatic carbocycles. The van der Waals surface area contributed by atoms with Gasteiger partial charge in [-0.15, -0.1) is 11.3 Å². The van der Waals surface area contributed by atoms with E-state index in [1.165, 1.54) is 29.5 Å². The third kappa shape index (κ3) is 5.46. The molecule has 0 radical (unpaired) electrons. The number of nitrogens with zero attached hydrogens (tertiary/aromatic N) is 2. The summed E-state index contributed by atoms with van der Waals surface area (Å²) in [4.78, 5) is 33.7. The van der Waals surface area contributed by atoms with Crippen molar-refractivity contribution in [1.29, 1.82) is 0 Å². The zero-order valence-electron chi connectivity index (χ0n) is 19.0. The molecule has 1 saturated carbocycles. The molecule has 0 bridgehead atoms. The average molecular weight is 491 g/mol. The lowest BCUT2D eigenvalue weighted by molar-refractivity contribution is -0.126. The lowest BCUT2D eigenvalue weighted by Crippen LogP contribution is -2.29. The van der Waals surface area contributed by atoms with Gasteiger partial charge in [-0.2, -0.15) is 0 Å². The molecule has 5 rings (SSSR count). The van der Waals surface area contributed by atoms with E-state index in [0.717, 1.165) is 45.6 Å². The van der Waals surface area contributed by atoms with Crippen LogP contribution in [0.3, 0.4) is 0 Å². The van der Waals surface area contributed by atoms with Gasteiger partial charge in [-0.1, -0.05) is 13.0 Å². The summed E-state index contributed by atoms with van der Waals surface area (Å²) in [5.41, 5.74) is 2.98. The fourth-order valence-corrected chi connectivity index (χ4v) is 4.58. The van der Waals surface area contributed by atoms with E-state index < -0.39 is 11.7 Å². The molecule has 7 nitrogen and oxygen atoms in total. The number of aryl methyl sites for hydroxylation is 1.